The molecule has 0 radical (unpaired) electrons. The van der Waals surface area contributed by atoms with Crippen molar-refractivity contribution in [1.82, 2.24) is 0 Å². The molecule has 0 aromatic heterocycles. The maximum atomic E-state index is 4.47. The Morgan fingerprint density at radius 2 is 2.15 bits per heavy atom. The molecule has 0 aromatic rings. The molecule has 1 heteroatoms. The van der Waals surface area contributed by atoms with Crippen LogP contribution in [-0.2, 0) is 0 Å². The molecule has 0 spiro atoms. The molecule has 0 amide bonds. The molecule has 1 rings (SSSR count). The number of nitrogens with zero attached hydrogens (tertiary/aromatic N) is 1. The second-order valence-electron chi connectivity index (χ2n) is 3.04. The van der Waals surface area contributed by atoms with E-state index in [9.17, 15) is 0 Å². The molecule has 1 aliphatic rings. The summed E-state index contributed by atoms with van der Waals surface area (Å²) in [6.07, 6.45) is 14.7. The summed E-state index contributed by atoms with van der Waals surface area (Å²) in [5.41, 5.74) is 1.31. The lowest BCUT2D eigenvalue weighted by Gasteiger charge is -2.11. The molecule has 0 bridgehead atoms. The lowest BCUT2D eigenvalue weighted by molar-refractivity contribution is 0.955. The van der Waals surface area contributed by atoms with E-state index in [0.717, 1.165) is 12.8 Å². The van der Waals surface area contributed by atoms with Gasteiger partial charge in [0.15, 0.2) is 0 Å². The zero-order chi connectivity index (χ0) is 9.52. The molecule has 13 heavy (non-hydrogen) atoms. The van der Waals surface area contributed by atoms with Gasteiger partial charge in [0.25, 0.3) is 0 Å². The monoisotopic (exact) mass is 175 g/mol. The molecule has 0 aromatic carbocycles. The highest BCUT2D eigenvalue weighted by atomic mass is 14.8. The molecule has 1 aliphatic carbocycles. The van der Waals surface area contributed by atoms with Crippen LogP contribution in [0, 0.1) is 0 Å². The van der Waals surface area contributed by atoms with Crippen LogP contribution in [0.25, 0.3) is 0 Å². The molecule has 0 saturated heterocycles. The second-order valence-corrected chi connectivity index (χ2v) is 3.04. The fourth-order valence-corrected chi connectivity index (χ4v) is 1.32. The highest BCUT2D eigenvalue weighted by Gasteiger charge is 2.06. The minimum absolute atomic E-state index is 0.255. The van der Waals surface area contributed by atoms with Crippen LogP contribution >= 0.6 is 0 Å². The SMILES string of the molecule is CCC=NC1C=CC=CC1=CCC. The smallest absolute Gasteiger partial charge is 0.0926 e. The lowest BCUT2D eigenvalue weighted by atomic mass is 10.0. The van der Waals surface area contributed by atoms with Gasteiger partial charge >= 0.3 is 0 Å². The minimum atomic E-state index is 0.255. The molecule has 1 nitrogen and oxygen atoms in total. The summed E-state index contributed by atoms with van der Waals surface area (Å²) in [6, 6.07) is 0.255. The summed E-state index contributed by atoms with van der Waals surface area (Å²) >= 11 is 0. The van der Waals surface area contributed by atoms with E-state index >= 15 is 0 Å². The van der Waals surface area contributed by atoms with Gasteiger partial charge in [-0.25, -0.2) is 0 Å². The summed E-state index contributed by atoms with van der Waals surface area (Å²) in [5.74, 6) is 0. The van der Waals surface area contributed by atoms with Gasteiger partial charge in [-0.05, 0) is 24.6 Å². The van der Waals surface area contributed by atoms with E-state index in [-0.39, 0.29) is 6.04 Å². The number of aliphatic imine (C=N–C) groups is 1. The third-order valence-corrected chi connectivity index (χ3v) is 1.92. The molecular formula is C12H17N. The van der Waals surface area contributed by atoms with E-state index in [0.29, 0.717) is 0 Å². The first-order valence-corrected chi connectivity index (χ1v) is 4.95. The van der Waals surface area contributed by atoms with Crippen LogP contribution in [0.5, 0.6) is 0 Å². The predicted molar refractivity (Wildman–Crippen MR) is 59.2 cm³/mol. The maximum Gasteiger partial charge on any atom is 0.0926 e. The highest BCUT2D eigenvalue weighted by Crippen LogP contribution is 2.15. The van der Waals surface area contributed by atoms with Crippen molar-refractivity contribution in [3.05, 3.63) is 36.0 Å². The molecular weight excluding hydrogens is 158 g/mol. The van der Waals surface area contributed by atoms with Crippen molar-refractivity contribution in [1.29, 1.82) is 0 Å². The Labute approximate surface area is 80.6 Å². The van der Waals surface area contributed by atoms with Crippen molar-refractivity contribution in [3.8, 4) is 0 Å². The van der Waals surface area contributed by atoms with E-state index < -0.39 is 0 Å². The Bertz CT molecular complexity index is 256. The van der Waals surface area contributed by atoms with E-state index in [1.165, 1.54) is 5.57 Å². The number of hydrogen-bond acceptors (Lipinski definition) is 1. The zero-order valence-corrected chi connectivity index (χ0v) is 8.40. The third kappa shape index (κ3) is 3.02. The first-order valence-electron chi connectivity index (χ1n) is 4.95. The Morgan fingerprint density at radius 3 is 2.85 bits per heavy atom. The normalized spacial score (nSPS) is 24.8. The molecule has 0 saturated carbocycles. The second kappa shape index (κ2) is 5.52. The first kappa shape index (κ1) is 9.97. The number of rotatable bonds is 3. The van der Waals surface area contributed by atoms with Crippen molar-refractivity contribution in [2.24, 2.45) is 4.99 Å². The van der Waals surface area contributed by atoms with Gasteiger partial charge in [-0.2, -0.15) is 0 Å². The summed E-state index contributed by atoms with van der Waals surface area (Å²) in [7, 11) is 0. The van der Waals surface area contributed by atoms with Crippen LogP contribution in [0.15, 0.2) is 40.9 Å². The topological polar surface area (TPSA) is 12.4 Å². The van der Waals surface area contributed by atoms with Crippen LogP contribution in [0.3, 0.4) is 0 Å². The van der Waals surface area contributed by atoms with Gasteiger partial charge in [0.05, 0.1) is 6.04 Å². The number of allylic oxidation sites excluding steroid dienone is 3. The largest absolute Gasteiger partial charge is 0.285 e. The molecule has 0 heterocycles. The van der Waals surface area contributed by atoms with Gasteiger partial charge in [0, 0.05) is 0 Å². The Morgan fingerprint density at radius 1 is 1.31 bits per heavy atom. The summed E-state index contributed by atoms with van der Waals surface area (Å²) in [5, 5.41) is 0. The van der Waals surface area contributed by atoms with Crippen LogP contribution in [0.2, 0.25) is 0 Å². The van der Waals surface area contributed by atoms with Crippen molar-refractivity contribution < 1.29 is 0 Å². The van der Waals surface area contributed by atoms with E-state index in [4.69, 9.17) is 0 Å². The first-order chi connectivity index (χ1) is 6.38. The van der Waals surface area contributed by atoms with Gasteiger partial charge in [-0.3, -0.25) is 4.99 Å². The van der Waals surface area contributed by atoms with Crippen LogP contribution < -0.4 is 0 Å². The fraction of sp³-hybridized carbons (Fsp3) is 0.417. The third-order valence-electron chi connectivity index (χ3n) is 1.92. The van der Waals surface area contributed by atoms with Crippen molar-refractivity contribution in [2.45, 2.75) is 32.7 Å². The molecule has 0 aliphatic heterocycles. The van der Waals surface area contributed by atoms with Crippen molar-refractivity contribution >= 4 is 6.21 Å². The van der Waals surface area contributed by atoms with Gasteiger partial charge in [-0.15, -0.1) is 0 Å². The van der Waals surface area contributed by atoms with Gasteiger partial charge in [0.2, 0.25) is 0 Å². The zero-order valence-electron chi connectivity index (χ0n) is 8.40. The Kier molecular flexibility index (Phi) is 4.24. The van der Waals surface area contributed by atoms with Crippen LogP contribution in [0.1, 0.15) is 26.7 Å². The number of hydrogen-bond donors (Lipinski definition) is 0. The summed E-state index contributed by atoms with van der Waals surface area (Å²) in [4.78, 5) is 4.47. The quantitative estimate of drug-likeness (QED) is 0.584. The highest BCUT2D eigenvalue weighted by molar-refractivity contribution is 5.58. The summed E-state index contributed by atoms with van der Waals surface area (Å²) in [6.45, 7) is 4.26. The summed E-state index contributed by atoms with van der Waals surface area (Å²) < 4.78 is 0. The average Bonchev–Trinajstić information content (AvgIpc) is 2.17. The standard InChI is InChI=1S/C12H17N/c1-3-7-11-8-5-6-9-12(11)13-10-4-2/h5-10,12H,3-4H2,1-2H3. The van der Waals surface area contributed by atoms with Gasteiger partial charge in [0.1, 0.15) is 0 Å². The molecule has 0 fully saturated rings. The van der Waals surface area contributed by atoms with Gasteiger partial charge in [-0.1, -0.05) is 44.2 Å². The maximum absolute atomic E-state index is 4.47. The van der Waals surface area contributed by atoms with E-state index in [1.807, 2.05) is 6.21 Å². The fourth-order valence-electron chi connectivity index (χ4n) is 1.32. The molecule has 0 N–H and O–H groups in total. The van der Waals surface area contributed by atoms with Crippen molar-refractivity contribution in [2.75, 3.05) is 0 Å². The Hall–Kier alpha value is -1.11. The molecule has 1 unspecified atom stereocenters. The lowest BCUT2D eigenvalue weighted by Crippen LogP contribution is -2.05. The average molecular weight is 175 g/mol. The minimum Gasteiger partial charge on any atom is -0.285 e. The van der Waals surface area contributed by atoms with Gasteiger partial charge < -0.3 is 0 Å². The van der Waals surface area contributed by atoms with Crippen LogP contribution in [-0.4, -0.2) is 12.3 Å². The van der Waals surface area contributed by atoms with Crippen molar-refractivity contribution in [3.63, 3.8) is 0 Å². The van der Waals surface area contributed by atoms with E-state index in [1.54, 1.807) is 0 Å². The molecule has 70 valence electrons. The molecule has 1 atom stereocenters. The van der Waals surface area contributed by atoms with E-state index in [2.05, 4.69) is 49.2 Å². The Balaban J connectivity index is 2.71. The van der Waals surface area contributed by atoms with Crippen LogP contribution in [0.4, 0.5) is 0 Å². The predicted octanol–water partition coefficient (Wildman–Crippen LogP) is 3.30.